The second-order valence-corrected chi connectivity index (χ2v) is 6.19. The molecule has 0 amide bonds. The number of aromatic nitrogens is 2. The highest BCUT2D eigenvalue weighted by Gasteiger charge is 2.47. The van der Waals surface area contributed by atoms with Crippen molar-refractivity contribution in [2.45, 2.75) is 44.6 Å². The van der Waals surface area contributed by atoms with E-state index >= 15 is 0 Å². The average Bonchev–Trinajstić information content (AvgIpc) is 2.76. The molecule has 3 nitrogen and oxygen atoms in total. The van der Waals surface area contributed by atoms with Crippen molar-refractivity contribution < 1.29 is 0 Å². The van der Waals surface area contributed by atoms with Gasteiger partial charge in [-0.25, -0.2) is 0 Å². The zero-order valence-corrected chi connectivity index (χ0v) is 10.8. The molecule has 0 aromatic carbocycles. The Balaban J connectivity index is 1.72. The molecule has 1 aromatic heterocycles. The van der Waals surface area contributed by atoms with Crippen molar-refractivity contribution in [3.05, 3.63) is 10.0 Å². The van der Waals surface area contributed by atoms with Gasteiger partial charge in [0.25, 0.3) is 0 Å². The lowest BCUT2D eigenvalue weighted by atomic mass is 10.1. The standard InChI is InChI=1S/C12H19N3S/c1-3-10(13-2)12-15-14-11(16-12)9-5-7-4-8(7)6-9/h7-10,13H,3-6H2,1-2H3. The minimum atomic E-state index is 0.391. The van der Waals surface area contributed by atoms with Crippen molar-refractivity contribution in [1.29, 1.82) is 0 Å². The number of nitrogens with zero attached hydrogens (tertiary/aromatic N) is 2. The van der Waals surface area contributed by atoms with Crippen molar-refractivity contribution in [1.82, 2.24) is 15.5 Å². The number of nitrogens with one attached hydrogen (secondary N) is 1. The minimum Gasteiger partial charge on any atom is -0.311 e. The molecule has 1 aromatic rings. The van der Waals surface area contributed by atoms with Crippen LogP contribution < -0.4 is 5.32 Å². The van der Waals surface area contributed by atoms with Gasteiger partial charge in [-0.15, -0.1) is 10.2 Å². The van der Waals surface area contributed by atoms with E-state index in [1.54, 1.807) is 0 Å². The molecule has 0 aliphatic heterocycles. The second kappa shape index (κ2) is 4.08. The molecule has 2 saturated carbocycles. The third-order valence-electron chi connectivity index (χ3n) is 4.10. The molecule has 2 fully saturated rings. The molecule has 1 N–H and O–H groups in total. The first kappa shape index (κ1) is 10.7. The molecule has 0 spiro atoms. The summed E-state index contributed by atoms with van der Waals surface area (Å²) >= 11 is 1.83. The van der Waals surface area contributed by atoms with Crippen LogP contribution in [0.15, 0.2) is 0 Å². The molecule has 2 aliphatic rings. The normalized spacial score (nSPS) is 33.8. The van der Waals surface area contributed by atoms with Crippen LogP contribution in [0.25, 0.3) is 0 Å². The molecule has 4 heteroatoms. The van der Waals surface area contributed by atoms with E-state index in [1.165, 1.54) is 29.3 Å². The first-order valence-electron chi connectivity index (χ1n) is 6.32. The zero-order valence-electron chi connectivity index (χ0n) is 9.94. The van der Waals surface area contributed by atoms with E-state index in [4.69, 9.17) is 0 Å². The van der Waals surface area contributed by atoms with Gasteiger partial charge in [-0.2, -0.15) is 0 Å². The molecule has 3 rings (SSSR count). The van der Waals surface area contributed by atoms with Gasteiger partial charge < -0.3 is 5.32 Å². The summed E-state index contributed by atoms with van der Waals surface area (Å²) in [6.45, 7) is 2.19. The van der Waals surface area contributed by atoms with Gasteiger partial charge in [-0.1, -0.05) is 18.3 Å². The third kappa shape index (κ3) is 1.78. The summed E-state index contributed by atoms with van der Waals surface area (Å²) < 4.78 is 0. The third-order valence-corrected chi connectivity index (χ3v) is 5.30. The highest BCUT2D eigenvalue weighted by Crippen LogP contribution is 2.57. The van der Waals surface area contributed by atoms with Gasteiger partial charge in [0, 0.05) is 5.92 Å². The highest BCUT2D eigenvalue weighted by atomic mass is 32.1. The fourth-order valence-electron chi connectivity index (χ4n) is 2.97. The van der Waals surface area contributed by atoms with E-state index in [2.05, 4.69) is 22.4 Å². The minimum absolute atomic E-state index is 0.391. The maximum atomic E-state index is 4.40. The van der Waals surface area contributed by atoms with Crippen LogP contribution in [0.4, 0.5) is 0 Å². The van der Waals surface area contributed by atoms with Gasteiger partial charge in [-0.05, 0) is 44.6 Å². The molecule has 1 heterocycles. The fraction of sp³-hybridized carbons (Fsp3) is 0.833. The van der Waals surface area contributed by atoms with Crippen LogP contribution >= 0.6 is 11.3 Å². The number of fused-ring (bicyclic) bond motifs is 1. The lowest BCUT2D eigenvalue weighted by Gasteiger charge is -2.09. The summed E-state index contributed by atoms with van der Waals surface area (Å²) in [5.74, 6) is 2.79. The molecule has 2 aliphatic carbocycles. The maximum absolute atomic E-state index is 4.40. The van der Waals surface area contributed by atoms with E-state index in [0.717, 1.165) is 24.2 Å². The number of hydrogen-bond donors (Lipinski definition) is 1. The zero-order chi connectivity index (χ0) is 11.1. The Kier molecular flexibility index (Phi) is 2.72. The van der Waals surface area contributed by atoms with Gasteiger partial charge in [-0.3, -0.25) is 0 Å². The van der Waals surface area contributed by atoms with Crippen LogP contribution in [0.5, 0.6) is 0 Å². The quantitative estimate of drug-likeness (QED) is 0.875. The maximum Gasteiger partial charge on any atom is 0.134 e. The van der Waals surface area contributed by atoms with Crippen molar-refractivity contribution in [2.75, 3.05) is 7.05 Å². The molecular weight excluding hydrogens is 218 g/mol. The molecule has 3 atom stereocenters. The molecule has 16 heavy (non-hydrogen) atoms. The van der Waals surface area contributed by atoms with Crippen molar-refractivity contribution in [3.63, 3.8) is 0 Å². The predicted octanol–water partition coefficient (Wildman–Crippen LogP) is 2.72. The Labute approximate surface area is 101 Å². The van der Waals surface area contributed by atoms with E-state index in [0.29, 0.717) is 6.04 Å². The molecule has 0 bridgehead atoms. The van der Waals surface area contributed by atoms with Crippen LogP contribution in [0, 0.1) is 11.8 Å². The Morgan fingerprint density at radius 1 is 1.31 bits per heavy atom. The summed E-state index contributed by atoms with van der Waals surface area (Å²) in [5.41, 5.74) is 0. The lowest BCUT2D eigenvalue weighted by molar-refractivity contribution is 0.566. The van der Waals surface area contributed by atoms with Gasteiger partial charge in [0.05, 0.1) is 6.04 Å². The Bertz CT molecular complexity index is 362. The predicted molar refractivity (Wildman–Crippen MR) is 65.6 cm³/mol. The molecule has 0 radical (unpaired) electrons. The molecule has 3 unspecified atom stereocenters. The first-order valence-corrected chi connectivity index (χ1v) is 7.14. The lowest BCUT2D eigenvalue weighted by Crippen LogP contribution is -2.14. The molecule has 88 valence electrons. The summed E-state index contributed by atoms with van der Waals surface area (Å²) in [6, 6.07) is 0.391. The van der Waals surface area contributed by atoms with Crippen LogP contribution in [0.3, 0.4) is 0 Å². The summed E-state index contributed by atoms with van der Waals surface area (Å²) in [7, 11) is 2.00. The Morgan fingerprint density at radius 3 is 2.69 bits per heavy atom. The highest BCUT2D eigenvalue weighted by molar-refractivity contribution is 7.11. The Hall–Kier alpha value is -0.480. The van der Waals surface area contributed by atoms with Crippen molar-refractivity contribution in [2.24, 2.45) is 11.8 Å². The average molecular weight is 237 g/mol. The number of rotatable bonds is 4. The van der Waals surface area contributed by atoms with Crippen LogP contribution in [0.1, 0.15) is 54.6 Å². The molecule has 0 saturated heterocycles. The van der Waals surface area contributed by atoms with Crippen molar-refractivity contribution in [3.8, 4) is 0 Å². The van der Waals surface area contributed by atoms with Crippen LogP contribution in [-0.2, 0) is 0 Å². The SMILES string of the molecule is CCC(NC)c1nnc(C2CC3CC3C2)s1. The van der Waals surface area contributed by atoms with E-state index in [-0.39, 0.29) is 0 Å². The van der Waals surface area contributed by atoms with Crippen LogP contribution in [0.2, 0.25) is 0 Å². The largest absolute Gasteiger partial charge is 0.311 e. The van der Waals surface area contributed by atoms with Gasteiger partial charge >= 0.3 is 0 Å². The monoisotopic (exact) mass is 237 g/mol. The number of hydrogen-bond acceptors (Lipinski definition) is 4. The topological polar surface area (TPSA) is 37.8 Å². The Morgan fingerprint density at radius 2 is 2.06 bits per heavy atom. The van der Waals surface area contributed by atoms with E-state index in [9.17, 15) is 0 Å². The summed E-state index contributed by atoms with van der Waals surface area (Å²) in [6.07, 6.45) is 5.31. The van der Waals surface area contributed by atoms with Gasteiger partial charge in [0.2, 0.25) is 0 Å². The second-order valence-electron chi connectivity index (χ2n) is 5.15. The van der Waals surface area contributed by atoms with Crippen LogP contribution in [-0.4, -0.2) is 17.2 Å². The first-order chi connectivity index (χ1) is 7.81. The van der Waals surface area contributed by atoms with E-state index < -0.39 is 0 Å². The molecular formula is C12H19N3S. The summed E-state index contributed by atoms with van der Waals surface area (Å²) in [4.78, 5) is 0. The van der Waals surface area contributed by atoms with E-state index in [1.807, 2.05) is 18.4 Å². The smallest absolute Gasteiger partial charge is 0.134 e. The van der Waals surface area contributed by atoms with Gasteiger partial charge in [0.15, 0.2) is 0 Å². The fourth-order valence-corrected chi connectivity index (χ4v) is 4.13. The van der Waals surface area contributed by atoms with Gasteiger partial charge in [0.1, 0.15) is 10.0 Å². The van der Waals surface area contributed by atoms with Crippen molar-refractivity contribution >= 4 is 11.3 Å². The summed E-state index contributed by atoms with van der Waals surface area (Å²) in [5, 5.41) is 14.5.